The molecule has 2 aromatic carbocycles. The van der Waals surface area contributed by atoms with Crippen LogP contribution in [0.3, 0.4) is 0 Å². The summed E-state index contributed by atoms with van der Waals surface area (Å²) in [6.45, 7) is 0. The van der Waals surface area contributed by atoms with Gasteiger partial charge >= 0.3 is 0 Å². The molecule has 2 aliphatic rings. The lowest BCUT2D eigenvalue weighted by Crippen LogP contribution is -2.32. The number of fused-ring (bicyclic) bond motifs is 3. The Morgan fingerprint density at radius 2 is 1.77 bits per heavy atom. The van der Waals surface area contributed by atoms with E-state index in [0.717, 1.165) is 10.6 Å². The predicted octanol–water partition coefficient (Wildman–Crippen LogP) is 5.13. The average Bonchev–Trinajstić information content (AvgIpc) is 3.01. The Morgan fingerprint density at radius 3 is 2.46 bits per heavy atom. The maximum absolute atomic E-state index is 9.90. The fourth-order valence-electron chi connectivity index (χ4n) is 3.22. The lowest BCUT2D eigenvalue weighted by atomic mass is 9.83. The van der Waals surface area contributed by atoms with Crippen molar-refractivity contribution in [3.8, 4) is 12.1 Å². The number of para-hydroxylation sites is 1. The Hall–Kier alpha value is -2.57. The van der Waals surface area contributed by atoms with E-state index in [9.17, 15) is 10.5 Å². The molecule has 0 spiro atoms. The summed E-state index contributed by atoms with van der Waals surface area (Å²) in [5, 5.41) is 21.3. The van der Waals surface area contributed by atoms with E-state index in [1.54, 1.807) is 23.1 Å². The van der Waals surface area contributed by atoms with Crippen molar-refractivity contribution in [1.82, 2.24) is 0 Å². The normalized spacial score (nSPS) is 18.3. The number of anilines is 1. The molecule has 7 heteroatoms. The topological polar surface area (TPSA) is 76.8 Å². The first-order valence-electron chi connectivity index (χ1n) is 7.62. The summed E-state index contributed by atoms with van der Waals surface area (Å²) in [6, 6.07) is 17.2. The SMILES string of the molecule is N#CC1=C(N)N2C(=C(C#N)[C@H]1c1ccc(Cl)cc1Cl)Sc1ccccc12. The van der Waals surface area contributed by atoms with E-state index in [4.69, 9.17) is 28.9 Å². The van der Waals surface area contributed by atoms with Crippen LogP contribution in [0.2, 0.25) is 10.0 Å². The number of hydrogen-bond acceptors (Lipinski definition) is 5. The summed E-state index contributed by atoms with van der Waals surface area (Å²) < 4.78 is 0. The number of thioether (sulfide) groups is 1. The number of benzene rings is 2. The van der Waals surface area contributed by atoms with Gasteiger partial charge in [-0.05, 0) is 29.8 Å². The molecule has 0 saturated carbocycles. The minimum Gasteiger partial charge on any atom is -0.384 e. The first kappa shape index (κ1) is 16.9. The highest BCUT2D eigenvalue weighted by molar-refractivity contribution is 8.03. The summed E-state index contributed by atoms with van der Waals surface area (Å²) in [6.07, 6.45) is 0. The van der Waals surface area contributed by atoms with Crippen LogP contribution in [0.5, 0.6) is 0 Å². The molecule has 126 valence electrons. The third-order valence-corrected chi connectivity index (χ3v) is 6.08. The molecule has 0 saturated heterocycles. The molecule has 0 aliphatic carbocycles. The largest absolute Gasteiger partial charge is 0.384 e. The minimum absolute atomic E-state index is 0.298. The van der Waals surface area contributed by atoms with Crippen LogP contribution in [0.15, 0.2) is 69.4 Å². The number of nitrogens with two attached hydrogens (primary N) is 1. The minimum atomic E-state index is -0.622. The molecule has 1 atom stereocenters. The van der Waals surface area contributed by atoms with Gasteiger partial charge in [-0.2, -0.15) is 10.5 Å². The number of allylic oxidation sites excluding steroid dienone is 2. The molecule has 0 radical (unpaired) electrons. The van der Waals surface area contributed by atoms with Crippen molar-refractivity contribution in [1.29, 1.82) is 10.5 Å². The van der Waals surface area contributed by atoms with Crippen molar-refractivity contribution in [3.63, 3.8) is 0 Å². The third kappa shape index (κ3) is 2.37. The van der Waals surface area contributed by atoms with Crippen LogP contribution in [-0.2, 0) is 0 Å². The van der Waals surface area contributed by atoms with Gasteiger partial charge in [0.05, 0.1) is 34.9 Å². The van der Waals surface area contributed by atoms with Crippen molar-refractivity contribution < 1.29 is 0 Å². The van der Waals surface area contributed by atoms with E-state index >= 15 is 0 Å². The standard InChI is InChI=1S/C19H10Cl2N4S/c20-10-5-6-11(14(21)7-10)17-12(8-22)18(24)25-15-3-1-2-4-16(15)26-19(25)13(17)9-23/h1-7,17H,24H2/t17-/m0/s1. The third-order valence-electron chi connectivity index (χ3n) is 4.35. The van der Waals surface area contributed by atoms with E-state index in [2.05, 4.69) is 12.1 Å². The molecular weight excluding hydrogens is 387 g/mol. The Balaban J connectivity index is 1.99. The highest BCUT2D eigenvalue weighted by Gasteiger charge is 2.41. The average molecular weight is 397 g/mol. The maximum atomic E-state index is 9.90. The van der Waals surface area contributed by atoms with Crippen LogP contribution >= 0.6 is 35.0 Å². The Bertz CT molecular complexity index is 1090. The van der Waals surface area contributed by atoms with E-state index < -0.39 is 5.92 Å². The van der Waals surface area contributed by atoms with Crippen molar-refractivity contribution in [2.45, 2.75) is 10.8 Å². The summed E-state index contributed by atoms with van der Waals surface area (Å²) in [5.74, 6) is -0.308. The van der Waals surface area contributed by atoms with E-state index in [0.29, 0.717) is 37.6 Å². The molecule has 2 N–H and O–H groups in total. The fraction of sp³-hybridized carbons (Fsp3) is 0.0526. The van der Waals surface area contributed by atoms with Crippen molar-refractivity contribution in [2.24, 2.45) is 5.73 Å². The molecule has 0 amide bonds. The van der Waals surface area contributed by atoms with Crippen LogP contribution in [0.1, 0.15) is 11.5 Å². The van der Waals surface area contributed by atoms with E-state index in [1.165, 1.54) is 11.8 Å². The van der Waals surface area contributed by atoms with Gasteiger partial charge < -0.3 is 5.73 Å². The number of halogens is 2. The number of nitriles is 2. The summed E-state index contributed by atoms with van der Waals surface area (Å²) >= 11 is 13.8. The molecule has 0 bridgehead atoms. The Kier molecular flexibility index (Phi) is 4.09. The zero-order valence-electron chi connectivity index (χ0n) is 13.2. The lowest BCUT2D eigenvalue weighted by molar-refractivity contribution is 0.884. The van der Waals surface area contributed by atoms with E-state index in [-0.39, 0.29) is 0 Å². The fourth-order valence-corrected chi connectivity index (χ4v) is 4.92. The van der Waals surface area contributed by atoms with Crippen LogP contribution in [0.25, 0.3) is 0 Å². The second-order valence-corrected chi connectivity index (χ2v) is 7.62. The number of nitrogens with zero attached hydrogens (tertiary/aromatic N) is 3. The lowest BCUT2D eigenvalue weighted by Gasteiger charge is -2.31. The summed E-state index contributed by atoms with van der Waals surface area (Å²) in [5.41, 5.74) is 8.62. The first-order valence-corrected chi connectivity index (χ1v) is 9.20. The Labute approximate surface area is 164 Å². The van der Waals surface area contributed by atoms with E-state index in [1.807, 2.05) is 24.3 Å². The maximum Gasteiger partial charge on any atom is 0.123 e. The molecular formula is C19H10Cl2N4S. The highest BCUT2D eigenvalue weighted by Crippen LogP contribution is 2.54. The van der Waals surface area contributed by atoms with Gasteiger partial charge in [0.2, 0.25) is 0 Å². The molecule has 0 aromatic heterocycles. The molecule has 0 unspecified atom stereocenters. The molecule has 2 aliphatic heterocycles. The highest BCUT2D eigenvalue weighted by atomic mass is 35.5. The predicted molar refractivity (Wildman–Crippen MR) is 103 cm³/mol. The second kappa shape index (κ2) is 6.30. The summed E-state index contributed by atoms with van der Waals surface area (Å²) in [4.78, 5) is 2.76. The van der Waals surface area contributed by atoms with Gasteiger partial charge in [0.15, 0.2) is 0 Å². The van der Waals surface area contributed by atoms with Crippen molar-refractivity contribution >= 4 is 40.7 Å². The van der Waals surface area contributed by atoms with Crippen molar-refractivity contribution in [2.75, 3.05) is 4.90 Å². The molecule has 4 nitrogen and oxygen atoms in total. The Morgan fingerprint density at radius 1 is 1.04 bits per heavy atom. The first-order chi connectivity index (χ1) is 12.6. The van der Waals surface area contributed by atoms with Gasteiger partial charge in [0.25, 0.3) is 0 Å². The van der Waals surface area contributed by atoms with Gasteiger partial charge in [-0.3, -0.25) is 4.90 Å². The van der Waals surface area contributed by atoms with Crippen LogP contribution < -0.4 is 10.6 Å². The molecule has 0 fully saturated rings. The van der Waals surface area contributed by atoms with Gasteiger partial charge in [0.1, 0.15) is 10.9 Å². The molecule has 4 rings (SSSR count). The molecule has 26 heavy (non-hydrogen) atoms. The van der Waals surface area contributed by atoms with Crippen LogP contribution in [0.4, 0.5) is 5.69 Å². The zero-order valence-corrected chi connectivity index (χ0v) is 15.5. The van der Waals surface area contributed by atoms with Gasteiger partial charge in [-0.15, -0.1) is 0 Å². The van der Waals surface area contributed by atoms with Gasteiger partial charge in [-0.1, -0.05) is 53.2 Å². The quantitative estimate of drug-likeness (QED) is 0.722. The van der Waals surface area contributed by atoms with Gasteiger partial charge in [-0.25, -0.2) is 0 Å². The number of hydrogen-bond donors (Lipinski definition) is 1. The van der Waals surface area contributed by atoms with Crippen LogP contribution in [0, 0.1) is 22.7 Å². The molecule has 2 aromatic rings. The monoisotopic (exact) mass is 396 g/mol. The zero-order chi connectivity index (χ0) is 18.4. The number of rotatable bonds is 1. The second-order valence-electron chi connectivity index (χ2n) is 5.75. The van der Waals surface area contributed by atoms with Crippen LogP contribution in [-0.4, -0.2) is 0 Å². The van der Waals surface area contributed by atoms with Gasteiger partial charge in [0, 0.05) is 14.9 Å². The van der Waals surface area contributed by atoms with Crippen molar-refractivity contribution in [3.05, 3.63) is 80.1 Å². The molecule has 2 heterocycles. The smallest absolute Gasteiger partial charge is 0.123 e. The summed E-state index contributed by atoms with van der Waals surface area (Å²) in [7, 11) is 0.